The molecule has 0 saturated carbocycles. The number of nitrogens with one attached hydrogen (secondary N) is 1. The summed E-state index contributed by atoms with van der Waals surface area (Å²) in [6.07, 6.45) is 3.35. The predicted octanol–water partition coefficient (Wildman–Crippen LogP) is 1.66. The third-order valence-corrected chi connectivity index (χ3v) is 3.93. The predicted molar refractivity (Wildman–Crippen MR) is 83.2 cm³/mol. The maximum Gasteiger partial charge on any atom is 0.253 e. The van der Waals surface area contributed by atoms with Crippen LogP contribution < -0.4 is 10.2 Å². The lowest BCUT2D eigenvalue weighted by atomic mass is 10.3. The second kappa shape index (κ2) is 7.60. The highest BCUT2D eigenvalue weighted by molar-refractivity contribution is 5.45. The van der Waals surface area contributed by atoms with Gasteiger partial charge in [-0.25, -0.2) is 9.97 Å². The van der Waals surface area contributed by atoms with Gasteiger partial charge in [0.2, 0.25) is 17.6 Å². The van der Waals surface area contributed by atoms with Gasteiger partial charge in [0, 0.05) is 51.7 Å². The molecule has 2 aromatic heterocycles. The summed E-state index contributed by atoms with van der Waals surface area (Å²) in [5.74, 6) is -5.72. The summed E-state index contributed by atoms with van der Waals surface area (Å²) in [6, 6.07) is 1.74. The van der Waals surface area contributed by atoms with Crippen molar-refractivity contribution in [1.82, 2.24) is 19.9 Å². The van der Waals surface area contributed by atoms with Gasteiger partial charge < -0.3 is 10.2 Å². The molecule has 0 unspecified atom stereocenters. The van der Waals surface area contributed by atoms with Crippen LogP contribution in [-0.4, -0.2) is 59.1 Å². The number of rotatable bonds is 5. The van der Waals surface area contributed by atoms with Crippen molar-refractivity contribution in [3.63, 3.8) is 0 Å². The van der Waals surface area contributed by atoms with Crippen molar-refractivity contribution < 1.29 is 17.6 Å². The van der Waals surface area contributed by atoms with E-state index >= 15 is 0 Å². The highest BCUT2D eigenvalue weighted by atomic mass is 19.2. The third-order valence-electron chi connectivity index (χ3n) is 3.93. The molecule has 134 valence electrons. The van der Waals surface area contributed by atoms with E-state index in [1.807, 2.05) is 4.90 Å². The summed E-state index contributed by atoms with van der Waals surface area (Å²) in [7, 11) is 0. The average molecular weight is 356 g/mol. The van der Waals surface area contributed by atoms with Crippen molar-refractivity contribution >= 4 is 11.6 Å². The van der Waals surface area contributed by atoms with Gasteiger partial charge in [-0.05, 0) is 6.07 Å². The van der Waals surface area contributed by atoms with Crippen LogP contribution in [0.1, 0.15) is 0 Å². The number of hydrogen-bond donors (Lipinski definition) is 1. The van der Waals surface area contributed by atoms with Crippen molar-refractivity contribution in [3.05, 3.63) is 42.0 Å². The Bertz CT molecular complexity index is 695. The summed E-state index contributed by atoms with van der Waals surface area (Å²) in [6.45, 7) is 3.46. The Labute approximate surface area is 141 Å². The molecule has 1 N–H and O–H groups in total. The summed E-state index contributed by atoms with van der Waals surface area (Å²) in [5, 5.41) is 2.40. The molecule has 0 aliphatic carbocycles. The van der Waals surface area contributed by atoms with Crippen LogP contribution in [0, 0.1) is 23.5 Å². The molecule has 10 heteroatoms. The van der Waals surface area contributed by atoms with E-state index in [2.05, 4.69) is 25.2 Å². The first-order valence-electron chi connectivity index (χ1n) is 7.74. The first-order chi connectivity index (χ1) is 12.1. The summed E-state index contributed by atoms with van der Waals surface area (Å²) in [5.41, 5.74) is -0.832. The van der Waals surface area contributed by atoms with Gasteiger partial charge in [0.15, 0.2) is 0 Å². The molecule has 1 fully saturated rings. The second-order valence-electron chi connectivity index (χ2n) is 5.50. The molecule has 0 amide bonds. The van der Waals surface area contributed by atoms with Gasteiger partial charge in [0.1, 0.15) is 5.69 Å². The molecule has 25 heavy (non-hydrogen) atoms. The fourth-order valence-corrected chi connectivity index (χ4v) is 2.61. The highest BCUT2D eigenvalue weighted by Gasteiger charge is 2.21. The van der Waals surface area contributed by atoms with Crippen LogP contribution >= 0.6 is 0 Å². The Hall–Kier alpha value is -2.49. The van der Waals surface area contributed by atoms with Crippen molar-refractivity contribution in [3.8, 4) is 0 Å². The molecule has 0 atom stereocenters. The molecule has 0 spiro atoms. The van der Waals surface area contributed by atoms with Crippen LogP contribution in [0.15, 0.2) is 18.5 Å². The summed E-state index contributed by atoms with van der Waals surface area (Å²) < 4.78 is 53.1. The number of pyridine rings is 1. The van der Waals surface area contributed by atoms with Crippen LogP contribution in [0.2, 0.25) is 0 Å². The lowest BCUT2D eigenvalue weighted by Crippen LogP contribution is -2.48. The Morgan fingerprint density at radius 3 is 2.12 bits per heavy atom. The van der Waals surface area contributed by atoms with E-state index in [1.54, 1.807) is 18.5 Å². The summed E-state index contributed by atoms with van der Waals surface area (Å²) in [4.78, 5) is 15.0. The van der Waals surface area contributed by atoms with E-state index in [-0.39, 0.29) is 6.54 Å². The quantitative estimate of drug-likeness (QED) is 0.650. The van der Waals surface area contributed by atoms with Gasteiger partial charge in [0.05, 0.1) is 0 Å². The molecule has 3 heterocycles. The van der Waals surface area contributed by atoms with Gasteiger partial charge >= 0.3 is 0 Å². The van der Waals surface area contributed by atoms with Crippen LogP contribution in [0.4, 0.5) is 29.2 Å². The zero-order valence-electron chi connectivity index (χ0n) is 13.2. The monoisotopic (exact) mass is 356 g/mol. The lowest BCUT2D eigenvalue weighted by molar-refractivity contribution is 0.265. The molecular formula is C15H16F4N6. The van der Waals surface area contributed by atoms with E-state index in [9.17, 15) is 17.6 Å². The molecule has 3 rings (SSSR count). The molecule has 6 nitrogen and oxygen atoms in total. The fourth-order valence-electron chi connectivity index (χ4n) is 2.61. The van der Waals surface area contributed by atoms with E-state index in [0.717, 1.165) is 0 Å². The molecule has 1 aliphatic heterocycles. The minimum absolute atomic E-state index is 0.137. The van der Waals surface area contributed by atoms with Gasteiger partial charge in [-0.3, -0.25) is 4.90 Å². The van der Waals surface area contributed by atoms with E-state index in [1.165, 1.54) is 0 Å². The normalized spacial score (nSPS) is 15.4. The lowest BCUT2D eigenvalue weighted by Gasteiger charge is -2.34. The Morgan fingerprint density at radius 1 is 0.920 bits per heavy atom. The van der Waals surface area contributed by atoms with Gasteiger partial charge in [0.25, 0.3) is 11.9 Å². The van der Waals surface area contributed by atoms with Crippen molar-refractivity contribution in [1.29, 1.82) is 0 Å². The van der Waals surface area contributed by atoms with E-state index in [4.69, 9.17) is 0 Å². The molecule has 1 saturated heterocycles. The number of halogens is 4. The maximum atomic E-state index is 13.5. The van der Waals surface area contributed by atoms with Crippen LogP contribution in [0.5, 0.6) is 0 Å². The molecule has 2 aromatic rings. The van der Waals surface area contributed by atoms with Gasteiger partial charge in [-0.2, -0.15) is 22.5 Å². The second-order valence-corrected chi connectivity index (χ2v) is 5.50. The van der Waals surface area contributed by atoms with Crippen molar-refractivity contribution in [2.75, 3.05) is 49.5 Å². The van der Waals surface area contributed by atoms with Crippen LogP contribution in [0.25, 0.3) is 0 Å². The Balaban J connectivity index is 1.50. The molecule has 0 aromatic carbocycles. The Morgan fingerprint density at radius 2 is 1.52 bits per heavy atom. The average Bonchev–Trinajstić information content (AvgIpc) is 2.64. The van der Waals surface area contributed by atoms with Crippen molar-refractivity contribution in [2.45, 2.75) is 0 Å². The number of anilines is 2. The first-order valence-corrected chi connectivity index (χ1v) is 7.74. The molecule has 0 radical (unpaired) electrons. The number of piperazine rings is 1. The zero-order chi connectivity index (χ0) is 17.8. The standard InChI is InChI=1S/C15H16F4N6/c16-10-12(11(17)14(19)23-13(10)18)20-4-5-24-6-8-25(9-7-24)15-21-2-1-3-22-15/h1-3H,4-9H2,(H,20,23). The molecular weight excluding hydrogens is 340 g/mol. The minimum atomic E-state index is -1.67. The van der Waals surface area contributed by atoms with Crippen molar-refractivity contribution in [2.24, 2.45) is 0 Å². The largest absolute Gasteiger partial charge is 0.379 e. The number of aromatic nitrogens is 3. The smallest absolute Gasteiger partial charge is 0.253 e. The van der Waals surface area contributed by atoms with Crippen LogP contribution in [0.3, 0.4) is 0 Å². The van der Waals surface area contributed by atoms with Gasteiger partial charge in [-0.15, -0.1) is 0 Å². The van der Waals surface area contributed by atoms with Crippen LogP contribution in [-0.2, 0) is 0 Å². The molecule has 0 bridgehead atoms. The number of hydrogen-bond acceptors (Lipinski definition) is 6. The third kappa shape index (κ3) is 3.95. The minimum Gasteiger partial charge on any atom is -0.379 e. The maximum absolute atomic E-state index is 13.5. The molecule has 1 aliphatic rings. The SMILES string of the molecule is Fc1nc(F)c(F)c(NCCN2CCN(c3ncccn3)CC2)c1F. The summed E-state index contributed by atoms with van der Waals surface area (Å²) >= 11 is 0. The first kappa shape index (κ1) is 17.3. The van der Waals surface area contributed by atoms with E-state index < -0.39 is 29.2 Å². The highest BCUT2D eigenvalue weighted by Crippen LogP contribution is 2.21. The fraction of sp³-hybridized carbons (Fsp3) is 0.400. The Kier molecular flexibility index (Phi) is 5.27. The topological polar surface area (TPSA) is 57.2 Å². The zero-order valence-corrected chi connectivity index (χ0v) is 13.2. The van der Waals surface area contributed by atoms with Gasteiger partial charge in [-0.1, -0.05) is 0 Å². The van der Waals surface area contributed by atoms with E-state index in [0.29, 0.717) is 38.7 Å². The number of nitrogens with zero attached hydrogens (tertiary/aromatic N) is 5.